The summed E-state index contributed by atoms with van der Waals surface area (Å²) in [6.45, 7) is 3.92. The van der Waals surface area contributed by atoms with Crippen LogP contribution in [0.5, 0.6) is 0 Å². The predicted molar refractivity (Wildman–Crippen MR) is 124 cm³/mol. The second-order valence-corrected chi connectivity index (χ2v) is 7.78. The van der Waals surface area contributed by atoms with E-state index in [1.165, 1.54) is 6.07 Å². The van der Waals surface area contributed by atoms with Gasteiger partial charge in [0.25, 0.3) is 11.8 Å². The maximum Gasteiger partial charge on any atom is 0.276 e. The fourth-order valence-corrected chi connectivity index (χ4v) is 3.59. The molecule has 1 aromatic heterocycles. The number of nitrogens with zero attached hydrogens (tertiary/aromatic N) is 2. The Balaban J connectivity index is 1.49. The highest BCUT2D eigenvalue weighted by Crippen LogP contribution is 2.20. The van der Waals surface area contributed by atoms with Crippen LogP contribution < -0.4 is 10.6 Å². The lowest BCUT2D eigenvalue weighted by Crippen LogP contribution is -2.35. The summed E-state index contributed by atoms with van der Waals surface area (Å²) in [4.78, 5) is 32.1. The van der Waals surface area contributed by atoms with E-state index in [1.54, 1.807) is 24.3 Å². The molecule has 7 nitrogen and oxygen atoms in total. The lowest BCUT2D eigenvalue weighted by molar-refractivity contribution is 0.0342. The number of hydrogen-bond donors (Lipinski definition) is 2. The number of para-hydroxylation sites is 1. The Hall–Kier alpha value is -3.26. The Labute approximate surface area is 191 Å². The number of rotatable bonds is 6. The standard InChI is InChI=1S/C24H23ClN4O3/c25-21-10-9-20(22(28-21)24(31)26-19-7-2-1-3-8-19)27-23(30)18-6-4-5-17(15-18)16-29-11-13-32-14-12-29/h1-10,15H,11-14,16H2,(H,26,31)(H,27,30). The third kappa shape index (κ3) is 5.70. The second kappa shape index (κ2) is 10.4. The third-order valence-corrected chi connectivity index (χ3v) is 5.27. The highest BCUT2D eigenvalue weighted by molar-refractivity contribution is 6.29. The van der Waals surface area contributed by atoms with Crippen LogP contribution in [0.4, 0.5) is 11.4 Å². The number of ether oxygens (including phenoxy) is 1. The zero-order valence-electron chi connectivity index (χ0n) is 17.4. The molecule has 2 amide bonds. The van der Waals surface area contributed by atoms with Gasteiger partial charge in [-0.1, -0.05) is 41.9 Å². The number of morpholine rings is 1. The van der Waals surface area contributed by atoms with Gasteiger partial charge in [-0.3, -0.25) is 14.5 Å². The smallest absolute Gasteiger partial charge is 0.276 e. The molecule has 8 heteroatoms. The van der Waals surface area contributed by atoms with Gasteiger partial charge in [0.1, 0.15) is 5.15 Å². The Morgan fingerprint density at radius 3 is 2.50 bits per heavy atom. The molecule has 32 heavy (non-hydrogen) atoms. The summed E-state index contributed by atoms with van der Waals surface area (Å²) in [5.41, 5.74) is 2.48. The van der Waals surface area contributed by atoms with E-state index in [1.807, 2.05) is 36.4 Å². The minimum absolute atomic E-state index is 0.0409. The Morgan fingerprint density at radius 2 is 1.72 bits per heavy atom. The van der Waals surface area contributed by atoms with Gasteiger partial charge >= 0.3 is 0 Å². The molecular formula is C24H23ClN4O3. The molecular weight excluding hydrogens is 428 g/mol. The fourth-order valence-electron chi connectivity index (χ4n) is 3.44. The minimum atomic E-state index is -0.463. The number of benzene rings is 2. The molecule has 0 bridgehead atoms. The van der Waals surface area contributed by atoms with Crippen LogP contribution in [0, 0.1) is 0 Å². The Kier molecular flexibility index (Phi) is 7.11. The van der Waals surface area contributed by atoms with Gasteiger partial charge in [0.15, 0.2) is 5.69 Å². The van der Waals surface area contributed by atoms with E-state index in [0.717, 1.165) is 38.4 Å². The Bertz CT molecular complexity index is 1100. The maximum atomic E-state index is 12.9. The summed E-state index contributed by atoms with van der Waals surface area (Å²) in [7, 11) is 0. The van der Waals surface area contributed by atoms with Crippen LogP contribution in [-0.4, -0.2) is 48.0 Å². The molecule has 0 saturated carbocycles. The van der Waals surface area contributed by atoms with Crippen molar-refractivity contribution in [2.75, 3.05) is 36.9 Å². The second-order valence-electron chi connectivity index (χ2n) is 7.39. The van der Waals surface area contributed by atoms with Crippen LogP contribution in [-0.2, 0) is 11.3 Å². The molecule has 1 aliphatic heterocycles. The highest BCUT2D eigenvalue weighted by atomic mass is 35.5. The van der Waals surface area contributed by atoms with Crippen molar-refractivity contribution in [2.45, 2.75) is 6.54 Å². The molecule has 0 unspecified atom stereocenters. The van der Waals surface area contributed by atoms with Crippen molar-refractivity contribution in [1.29, 1.82) is 0 Å². The third-order valence-electron chi connectivity index (χ3n) is 5.06. The van der Waals surface area contributed by atoms with E-state index in [2.05, 4.69) is 20.5 Å². The summed E-state index contributed by atoms with van der Waals surface area (Å²) >= 11 is 6.01. The van der Waals surface area contributed by atoms with Crippen LogP contribution >= 0.6 is 11.6 Å². The zero-order chi connectivity index (χ0) is 22.3. The number of hydrogen-bond acceptors (Lipinski definition) is 5. The van der Waals surface area contributed by atoms with Crippen molar-refractivity contribution in [3.05, 3.63) is 88.7 Å². The first-order valence-electron chi connectivity index (χ1n) is 10.3. The monoisotopic (exact) mass is 450 g/mol. The van der Waals surface area contributed by atoms with Crippen molar-refractivity contribution in [3.63, 3.8) is 0 Å². The lowest BCUT2D eigenvalue weighted by Gasteiger charge is -2.26. The van der Waals surface area contributed by atoms with Crippen molar-refractivity contribution in [2.24, 2.45) is 0 Å². The van der Waals surface area contributed by atoms with Crippen molar-refractivity contribution in [1.82, 2.24) is 9.88 Å². The van der Waals surface area contributed by atoms with Gasteiger partial charge < -0.3 is 15.4 Å². The molecule has 1 fully saturated rings. The number of nitrogens with one attached hydrogen (secondary N) is 2. The quantitative estimate of drug-likeness (QED) is 0.553. The number of carbonyl (C=O) groups excluding carboxylic acids is 2. The molecule has 2 aromatic carbocycles. The SMILES string of the molecule is O=C(Nc1ccc(Cl)nc1C(=O)Nc1ccccc1)c1cccc(CN2CCOCC2)c1. The first kappa shape index (κ1) is 22.0. The van der Waals surface area contributed by atoms with Gasteiger partial charge in [-0.2, -0.15) is 0 Å². The van der Waals surface area contributed by atoms with E-state index < -0.39 is 5.91 Å². The molecule has 1 aliphatic rings. The van der Waals surface area contributed by atoms with E-state index in [9.17, 15) is 9.59 Å². The van der Waals surface area contributed by atoms with Gasteiger partial charge in [-0.25, -0.2) is 4.98 Å². The van der Waals surface area contributed by atoms with Crippen molar-refractivity contribution < 1.29 is 14.3 Å². The molecule has 2 N–H and O–H groups in total. The van der Waals surface area contributed by atoms with E-state index in [0.29, 0.717) is 11.3 Å². The summed E-state index contributed by atoms with van der Waals surface area (Å²) in [5, 5.41) is 5.72. The number of aromatic nitrogens is 1. The minimum Gasteiger partial charge on any atom is -0.379 e. The van der Waals surface area contributed by atoms with Crippen LogP contribution in [0.2, 0.25) is 5.15 Å². The average Bonchev–Trinajstić information content (AvgIpc) is 2.81. The van der Waals surface area contributed by atoms with Crippen LogP contribution in [0.3, 0.4) is 0 Å². The summed E-state index contributed by atoms with van der Waals surface area (Å²) in [6.07, 6.45) is 0. The first-order valence-corrected chi connectivity index (χ1v) is 10.7. The molecule has 2 heterocycles. The molecule has 164 valence electrons. The fraction of sp³-hybridized carbons (Fsp3) is 0.208. The predicted octanol–water partition coefficient (Wildman–Crippen LogP) is 4.07. The van der Waals surface area contributed by atoms with Gasteiger partial charge in [-0.05, 0) is 42.0 Å². The normalized spacial score (nSPS) is 14.0. The number of halogens is 1. The molecule has 3 aromatic rings. The zero-order valence-corrected chi connectivity index (χ0v) is 18.1. The van der Waals surface area contributed by atoms with E-state index in [4.69, 9.17) is 16.3 Å². The van der Waals surface area contributed by atoms with Crippen molar-refractivity contribution in [3.8, 4) is 0 Å². The average molecular weight is 451 g/mol. The topological polar surface area (TPSA) is 83.6 Å². The molecule has 1 saturated heterocycles. The summed E-state index contributed by atoms with van der Waals surface area (Å²) < 4.78 is 5.39. The molecule has 0 spiro atoms. The van der Waals surface area contributed by atoms with Gasteiger partial charge in [-0.15, -0.1) is 0 Å². The van der Waals surface area contributed by atoms with Crippen LogP contribution in [0.25, 0.3) is 0 Å². The molecule has 0 aliphatic carbocycles. The number of pyridine rings is 1. The summed E-state index contributed by atoms with van der Waals surface area (Å²) in [5.74, 6) is -0.790. The van der Waals surface area contributed by atoms with Crippen LogP contribution in [0.15, 0.2) is 66.7 Å². The number of anilines is 2. The number of carbonyl (C=O) groups is 2. The highest BCUT2D eigenvalue weighted by Gasteiger charge is 2.18. The Morgan fingerprint density at radius 1 is 0.938 bits per heavy atom. The lowest BCUT2D eigenvalue weighted by atomic mass is 10.1. The molecule has 4 rings (SSSR count). The first-order chi connectivity index (χ1) is 15.6. The number of amides is 2. The van der Waals surface area contributed by atoms with Gasteiger partial charge in [0.05, 0.1) is 18.9 Å². The van der Waals surface area contributed by atoms with Gasteiger partial charge in [0.2, 0.25) is 0 Å². The van der Waals surface area contributed by atoms with Crippen LogP contribution in [0.1, 0.15) is 26.4 Å². The molecule has 0 atom stereocenters. The van der Waals surface area contributed by atoms with E-state index >= 15 is 0 Å². The summed E-state index contributed by atoms with van der Waals surface area (Å²) in [6, 6.07) is 19.6. The largest absolute Gasteiger partial charge is 0.379 e. The van der Waals surface area contributed by atoms with E-state index in [-0.39, 0.29) is 22.4 Å². The molecule has 0 radical (unpaired) electrons. The van der Waals surface area contributed by atoms with Gasteiger partial charge in [0, 0.05) is 30.9 Å². The maximum absolute atomic E-state index is 12.9. The van der Waals surface area contributed by atoms with Crippen molar-refractivity contribution >= 4 is 34.8 Å².